The summed E-state index contributed by atoms with van der Waals surface area (Å²) < 4.78 is 13.7. The van der Waals surface area contributed by atoms with Gasteiger partial charge >= 0.3 is 0 Å². The molecule has 2 aromatic carbocycles. The molecule has 0 saturated heterocycles. The van der Waals surface area contributed by atoms with E-state index < -0.39 is 0 Å². The molecular formula is C23H24N2O3. The Morgan fingerprint density at radius 2 is 1.96 bits per heavy atom. The van der Waals surface area contributed by atoms with Crippen molar-refractivity contribution in [1.29, 1.82) is 0 Å². The highest BCUT2D eigenvalue weighted by atomic mass is 16.5. The van der Waals surface area contributed by atoms with Gasteiger partial charge in [-0.15, -0.1) is 0 Å². The Morgan fingerprint density at radius 3 is 2.82 bits per heavy atom. The van der Waals surface area contributed by atoms with Crippen molar-refractivity contribution in [2.24, 2.45) is 0 Å². The van der Waals surface area contributed by atoms with Gasteiger partial charge in [0.1, 0.15) is 5.76 Å². The van der Waals surface area contributed by atoms with Crippen LogP contribution in [0.4, 0.5) is 0 Å². The highest BCUT2D eigenvalue weighted by molar-refractivity contribution is 5.84. The van der Waals surface area contributed by atoms with Crippen LogP contribution in [0.15, 0.2) is 65.2 Å². The first-order valence-corrected chi connectivity index (χ1v) is 9.64. The molecule has 144 valence electrons. The third kappa shape index (κ3) is 3.60. The van der Waals surface area contributed by atoms with Gasteiger partial charge in [0, 0.05) is 30.1 Å². The average Bonchev–Trinajstić information content (AvgIpc) is 3.31. The van der Waals surface area contributed by atoms with E-state index in [1.165, 1.54) is 5.39 Å². The topological polar surface area (TPSA) is 56.4 Å². The molecule has 4 rings (SSSR count). The van der Waals surface area contributed by atoms with Crippen LogP contribution in [0, 0.1) is 0 Å². The number of aryl methyl sites for hydroxylation is 1. The molecule has 0 aliphatic rings. The van der Waals surface area contributed by atoms with Crippen molar-refractivity contribution in [3.05, 3.63) is 66.6 Å². The molecule has 0 saturated carbocycles. The zero-order valence-electron chi connectivity index (χ0n) is 16.1. The van der Waals surface area contributed by atoms with Crippen molar-refractivity contribution in [2.45, 2.75) is 32.9 Å². The van der Waals surface area contributed by atoms with E-state index >= 15 is 0 Å². The lowest BCUT2D eigenvalue weighted by molar-refractivity contribution is -0.122. The summed E-state index contributed by atoms with van der Waals surface area (Å²) in [6, 6.07) is 17.8. The van der Waals surface area contributed by atoms with Gasteiger partial charge in [-0.1, -0.05) is 30.3 Å². The number of nitrogens with zero attached hydrogens (tertiary/aromatic N) is 1. The van der Waals surface area contributed by atoms with Crippen LogP contribution in [0.1, 0.15) is 32.1 Å². The van der Waals surface area contributed by atoms with Gasteiger partial charge in [-0.25, -0.2) is 0 Å². The molecule has 5 nitrogen and oxygen atoms in total. The lowest BCUT2D eigenvalue weighted by Gasteiger charge is -2.12. The number of rotatable bonds is 7. The smallest absolute Gasteiger partial charge is 0.222 e. The summed E-state index contributed by atoms with van der Waals surface area (Å²) in [6.45, 7) is 5.09. The largest absolute Gasteiger partial charge is 0.490 e. The fraction of sp³-hybridized carbons (Fsp3) is 0.261. The number of aromatic nitrogens is 1. The molecule has 1 N–H and O–H groups in total. The number of para-hydroxylation sites is 2. The van der Waals surface area contributed by atoms with Crippen LogP contribution >= 0.6 is 0 Å². The molecule has 1 unspecified atom stereocenters. The van der Waals surface area contributed by atoms with Gasteiger partial charge in [-0.05, 0) is 43.5 Å². The number of amides is 1. The number of hydrogen-bond donors (Lipinski definition) is 1. The van der Waals surface area contributed by atoms with Crippen molar-refractivity contribution < 1.29 is 13.9 Å². The molecule has 0 fully saturated rings. The molecule has 0 bridgehead atoms. The minimum atomic E-state index is -0.212. The summed E-state index contributed by atoms with van der Waals surface area (Å²) in [4.78, 5) is 12.5. The van der Waals surface area contributed by atoms with E-state index in [1.807, 2.05) is 56.4 Å². The molecule has 28 heavy (non-hydrogen) atoms. The van der Waals surface area contributed by atoms with Gasteiger partial charge in [0.15, 0.2) is 11.3 Å². The molecule has 0 aliphatic heterocycles. The summed E-state index contributed by atoms with van der Waals surface area (Å²) in [5.41, 5.74) is 1.86. The molecule has 1 amide bonds. The Hall–Kier alpha value is -3.21. The minimum Gasteiger partial charge on any atom is -0.490 e. The molecule has 2 heterocycles. The fourth-order valence-electron chi connectivity index (χ4n) is 3.48. The molecule has 4 aromatic rings. The van der Waals surface area contributed by atoms with Crippen molar-refractivity contribution >= 4 is 27.8 Å². The Bertz CT molecular complexity index is 1110. The predicted octanol–water partition coefficient (Wildman–Crippen LogP) is 5.05. The second-order valence-electron chi connectivity index (χ2n) is 6.86. The van der Waals surface area contributed by atoms with Crippen LogP contribution in [0.3, 0.4) is 0 Å². The van der Waals surface area contributed by atoms with Crippen molar-refractivity contribution in [3.8, 4) is 5.75 Å². The van der Waals surface area contributed by atoms with Gasteiger partial charge in [0.05, 0.1) is 12.6 Å². The van der Waals surface area contributed by atoms with Crippen LogP contribution in [-0.2, 0) is 11.3 Å². The second-order valence-corrected chi connectivity index (χ2v) is 6.86. The quantitative estimate of drug-likeness (QED) is 0.491. The Kier molecular flexibility index (Phi) is 5.06. The van der Waals surface area contributed by atoms with Crippen LogP contribution in [0.25, 0.3) is 21.9 Å². The second kappa shape index (κ2) is 7.80. The standard InChI is InChI=1S/C23H24N2O3/c1-3-27-20-10-6-8-18-15-21(28-23(18)20)16(2)24-22(26)12-14-25-13-11-17-7-4-5-9-19(17)25/h4-11,13,15-16H,3,12,14H2,1-2H3,(H,24,26). The van der Waals surface area contributed by atoms with E-state index in [2.05, 4.69) is 28.1 Å². The first-order chi connectivity index (χ1) is 13.7. The maximum atomic E-state index is 12.5. The van der Waals surface area contributed by atoms with Crippen molar-refractivity contribution in [3.63, 3.8) is 0 Å². The number of benzene rings is 2. The minimum absolute atomic E-state index is 0.00392. The normalized spacial score (nSPS) is 12.4. The average molecular weight is 376 g/mol. The van der Waals surface area contributed by atoms with E-state index in [0.717, 1.165) is 28.0 Å². The third-order valence-electron chi connectivity index (χ3n) is 4.89. The number of carbonyl (C=O) groups excluding carboxylic acids is 1. The van der Waals surface area contributed by atoms with E-state index in [0.29, 0.717) is 19.6 Å². The van der Waals surface area contributed by atoms with Crippen LogP contribution in [-0.4, -0.2) is 17.1 Å². The Morgan fingerprint density at radius 1 is 1.14 bits per heavy atom. The maximum absolute atomic E-state index is 12.5. The maximum Gasteiger partial charge on any atom is 0.222 e. The van der Waals surface area contributed by atoms with Crippen molar-refractivity contribution in [1.82, 2.24) is 9.88 Å². The number of ether oxygens (including phenoxy) is 1. The summed E-state index contributed by atoms with van der Waals surface area (Å²) in [5, 5.41) is 5.19. The summed E-state index contributed by atoms with van der Waals surface area (Å²) in [7, 11) is 0. The van der Waals surface area contributed by atoms with Gasteiger partial charge < -0.3 is 19.0 Å². The van der Waals surface area contributed by atoms with Crippen molar-refractivity contribution in [2.75, 3.05) is 6.61 Å². The van der Waals surface area contributed by atoms with E-state index in [1.54, 1.807) is 0 Å². The van der Waals surface area contributed by atoms with Crippen LogP contribution in [0.5, 0.6) is 5.75 Å². The zero-order chi connectivity index (χ0) is 19.5. The molecule has 0 spiro atoms. The fourth-order valence-corrected chi connectivity index (χ4v) is 3.48. The monoisotopic (exact) mass is 376 g/mol. The first kappa shape index (κ1) is 18.2. The van der Waals surface area contributed by atoms with Crippen LogP contribution in [0.2, 0.25) is 0 Å². The zero-order valence-corrected chi connectivity index (χ0v) is 16.1. The lowest BCUT2D eigenvalue weighted by atomic mass is 10.2. The van der Waals surface area contributed by atoms with Gasteiger partial charge in [0.25, 0.3) is 0 Å². The molecule has 1 atom stereocenters. The molecule has 0 radical (unpaired) electrons. The number of furan rings is 1. The first-order valence-electron chi connectivity index (χ1n) is 9.64. The lowest BCUT2D eigenvalue weighted by Crippen LogP contribution is -2.27. The Balaban J connectivity index is 1.41. The van der Waals surface area contributed by atoms with E-state index in [-0.39, 0.29) is 11.9 Å². The molecule has 0 aliphatic carbocycles. The summed E-state index contributed by atoms with van der Waals surface area (Å²) in [5.74, 6) is 1.45. The molecule has 2 aromatic heterocycles. The molecular weight excluding hydrogens is 352 g/mol. The highest BCUT2D eigenvalue weighted by Crippen LogP contribution is 2.31. The Labute approximate surface area is 163 Å². The number of fused-ring (bicyclic) bond motifs is 2. The van der Waals surface area contributed by atoms with E-state index in [9.17, 15) is 4.79 Å². The number of carbonyl (C=O) groups is 1. The predicted molar refractivity (Wildman–Crippen MR) is 110 cm³/mol. The van der Waals surface area contributed by atoms with Gasteiger partial charge in [-0.2, -0.15) is 0 Å². The van der Waals surface area contributed by atoms with Gasteiger partial charge in [-0.3, -0.25) is 4.79 Å². The number of nitrogens with one attached hydrogen (secondary N) is 1. The number of hydrogen-bond acceptors (Lipinski definition) is 3. The third-order valence-corrected chi connectivity index (χ3v) is 4.89. The highest BCUT2D eigenvalue weighted by Gasteiger charge is 2.16. The van der Waals surface area contributed by atoms with E-state index in [4.69, 9.17) is 9.15 Å². The van der Waals surface area contributed by atoms with Gasteiger partial charge in [0.2, 0.25) is 5.91 Å². The molecule has 5 heteroatoms. The summed E-state index contributed by atoms with van der Waals surface area (Å²) in [6.07, 6.45) is 2.43. The summed E-state index contributed by atoms with van der Waals surface area (Å²) >= 11 is 0. The SMILES string of the molecule is CCOc1cccc2cc(C(C)NC(=O)CCn3ccc4ccccc43)oc12. The van der Waals surface area contributed by atoms with Crippen LogP contribution < -0.4 is 10.1 Å².